The summed E-state index contributed by atoms with van der Waals surface area (Å²) in [7, 11) is 0. The molecule has 0 aliphatic carbocycles. The van der Waals surface area contributed by atoms with Crippen molar-refractivity contribution in [1.29, 1.82) is 0 Å². The monoisotopic (exact) mass is 391 g/mol. The summed E-state index contributed by atoms with van der Waals surface area (Å²) < 4.78 is 1.87. The first-order valence-electron chi connectivity index (χ1n) is 11.0. The van der Waals surface area contributed by atoms with E-state index in [0.717, 1.165) is 55.8 Å². The molecule has 0 aliphatic heterocycles. The maximum absolute atomic E-state index is 13.7. The third kappa shape index (κ3) is 4.43. The van der Waals surface area contributed by atoms with E-state index >= 15 is 0 Å². The van der Waals surface area contributed by atoms with Gasteiger partial charge in [0.15, 0.2) is 0 Å². The summed E-state index contributed by atoms with van der Waals surface area (Å²) in [4.78, 5) is 21.1. The quantitative estimate of drug-likeness (QED) is 0.482. The lowest BCUT2D eigenvalue weighted by molar-refractivity contribution is 0.201. The van der Waals surface area contributed by atoms with Crippen LogP contribution in [0.5, 0.6) is 0 Å². The highest BCUT2D eigenvalue weighted by atomic mass is 16.1. The molecule has 1 atom stereocenters. The second-order valence-electron chi connectivity index (χ2n) is 7.72. The number of para-hydroxylation sites is 2. The van der Waals surface area contributed by atoms with Crippen molar-refractivity contribution in [3.05, 3.63) is 70.3 Å². The molecule has 0 saturated heterocycles. The Bertz CT molecular complexity index is 1000. The summed E-state index contributed by atoms with van der Waals surface area (Å²) in [6.07, 6.45) is 4.13. The van der Waals surface area contributed by atoms with E-state index < -0.39 is 0 Å². The van der Waals surface area contributed by atoms with Gasteiger partial charge in [-0.15, -0.1) is 0 Å². The fourth-order valence-electron chi connectivity index (χ4n) is 4.11. The Morgan fingerprint density at radius 1 is 0.931 bits per heavy atom. The Kier molecular flexibility index (Phi) is 7.21. The zero-order valence-electron chi connectivity index (χ0n) is 18.2. The third-order valence-electron chi connectivity index (χ3n) is 5.50. The van der Waals surface area contributed by atoms with Crippen LogP contribution in [0.3, 0.4) is 0 Å². The Labute approximate surface area is 174 Å². The molecule has 0 saturated carbocycles. The fourth-order valence-corrected chi connectivity index (χ4v) is 4.11. The van der Waals surface area contributed by atoms with Crippen molar-refractivity contribution in [2.45, 2.75) is 59.4 Å². The molecule has 0 fully saturated rings. The number of fused-ring (bicyclic) bond motifs is 1. The van der Waals surface area contributed by atoms with Gasteiger partial charge in [0.25, 0.3) is 5.56 Å². The number of aryl methyl sites for hydroxylation is 1. The van der Waals surface area contributed by atoms with Crippen LogP contribution in [0.1, 0.15) is 64.4 Å². The van der Waals surface area contributed by atoms with Crippen molar-refractivity contribution in [2.24, 2.45) is 0 Å². The van der Waals surface area contributed by atoms with E-state index in [1.807, 2.05) is 34.9 Å². The maximum Gasteiger partial charge on any atom is 0.266 e. The molecule has 3 aromatic rings. The second kappa shape index (κ2) is 9.84. The fraction of sp³-hybridized carbons (Fsp3) is 0.440. The standard InChI is InChI=1S/C25H33N3O/c1-5-12-20-13-8-11-16-23(20)28-24(19(4)27(17-6-2)18-7-3)26-22-15-10-9-14-21(22)25(28)29/h8-11,13-16,19H,5-7,12,17-18H2,1-4H3. The summed E-state index contributed by atoms with van der Waals surface area (Å²) in [6.45, 7) is 10.7. The third-order valence-corrected chi connectivity index (χ3v) is 5.50. The lowest BCUT2D eigenvalue weighted by atomic mass is 10.1. The average Bonchev–Trinajstić information content (AvgIpc) is 2.74. The van der Waals surface area contributed by atoms with Crippen LogP contribution in [0.4, 0.5) is 0 Å². The molecule has 0 aliphatic rings. The number of nitrogens with zero attached hydrogens (tertiary/aromatic N) is 3. The summed E-state index contributed by atoms with van der Waals surface area (Å²) in [5.74, 6) is 0.833. The Balaban J connectivity index is 2.29. The Hall–Kier alpha value is -2.46. The van der Waals surface area contributed by atoms with Crippen LogP contribution in [-0.2, 0) is 6.42 Å². The van der Waals surface area contributed by atoms with Crippen molar-refractivity contribution >= 4 is 10.9 Å². The Morgan fingerprint density at radius 2 is 1.59 bits per heavy atom. The minimum Gasteiger partial charge on any atom is -0.294 e. The lowest BCUT2D eigenvalue weighted by Gasteiger charge is -2.30. The van der Waals surface area contributed by atoms with Crippen molar-refractivity contribution in [1.82, 2.24) is 14.5 Å². The molecule has 0 amide bonds. The zero-order valence-corrected chi connectivity index (χ0v) is 18.2. The van der Waals surface area contributed by atoms with Crippen molar-refractivity contribution in [3.63, 3.8) is 0 Å². The lowest BCUT2D eigenvalue weighted by Crippen LogP contribution is -2.34. The molecule has 0 N–H and O–H groups in total. The second-order valence-corrected chi connectivity index (χ2v) is 7.72. The van der Waals surface area contributed by atoms with Gasteiger partial charge in [-0.25, -0.2) is 4.98 Å². The van der Waals surface area contributed by atoms with E-state index in [4.69, 9.17) is 4.98 Å². The molecule has 4 heteroatoms. The van der Waals surface area contributed by atoms with Gasteiger partial charge in [-0.2, -0.15) is 0 Å². The van der Waals surface area contributed by atoms with Gasteiger partial charge in [-0.1, -0.05) is 57.5 Å². The molecule has 0 bridgehead atoms. The normalized spacial score (nSPS) is 12.6. The molecule has 4 nitrogen and oxygen atoms in total. The van der Waals surface area contributed by atoms with E-state index in [0.29, 0.717) is 5.39 Å². The van der Waals surface area contributed by atoms with E-state index in [2.05, 4.69) is 50.8 Å². The smallest absolute Gasteiger partial charge is 0.266 e. The molecule has 154 valence electrons. The van der Waals surface area contributed by atoms with E-state index in [1.165, 1.54) is 5.56 Å². The largest absolute Gasteiger partial charge is 0.294 e. The Morgan fingerprint density at radius 3 is 2.28 bits per heavy atom. The number of benzene rings is 2. The number of rotatable bonds is 9. The highest BCUT2D eigenvalue weighted by Gasteiger charge is 2.23. The topological polar surface area (TPSA) is 38.1 Å². The molecular weight excluding hydrogens is 358 g/mol. The number of aromatic nitrogens is 2. The summed E-state index contributed by atoms with van der Waals surface area (Å²) in [6, 6.07) is 16.0. The predicted octanol–water partition coefficient (Wildman–Crippen LogP) is 5.52. The zero-order chi connectivity index (χ0) is 20.8. The highest BCUT2D eigenvalue weighted by Crippen LogP contribution is 2.25. The van der Waals surface area contributed by atoms with Crippen LogP contribution >= 0.6 is 0 Å². The van der Waals surface area contributed by atoms with Gasteiger partial charge < -0.3 is 0 Å². The molecule has 1 heterocycles. The van der Waals surface area contributed by atoms with Gasteiger partial charge >= 0.3 is 0 Å². The van der Waals surface area contributed by atoms with E-state index in [-0.39, 0.29) is 11.6 Å². The van der Waals surface area contributed by atoms with Gasteiger partial charge in [0.2, 0.25) is 0 Å². The minimum absolute atomic E-state index is 0.0222. The molecular formula is C25H33N3O. The maximum atomic E-state index is 13.7. The van der Waals surface area contributed by atoms with Crippen LogP contribution in [0.2, 0.25) is 0 Å². The molecule has 2 aromatic carbocycles. The summed E-state index contributed by atoms with van der Waals surface area (Å²) in [5.41, 5.74) is 2.96. The first-order valence-corrected chi connectivity index (χ1v) is 11.0. The molecule has 29 heavy (non-hydrogen) atoms. The highest BCUT2D eigenvalue weighted by molar-refractivity contribution is 5.78. The first-order chi connectivity index (χ1) is 14.1. The van der Waals surface area contributed by atoms with Gasteiger partial charge in [0.1, 0.15) is 5.82 Å². The number of hydrogen-bond donors (Lipinski definition) is 0. The van der Waals surface area contributed by atoms with Crippen molar-refractivity contribution < 1.29 is 0 Å². The minimum atomic E-state index is 0.0222. The average molecular weight is 392 g/mol. The first kappa shape index (κ1) is 21.3. The summed E-state index contributed by atoms with van der Waals surface area (Å²) in [5, 5.41) is 0.673. The van der Waals surface area contributed by atoms with Crippen molar-refractivity contribution in [2.75, 3.05) is 13.1 Å². The van der Waals surface area contributed by atoms with Crippen LogP contribution in [0.25, 0.3) is 16.6 Å². The van der Waals surface area contributed by atoms with Crippen LogP contribution in [-0.4, -0.2) is 27.5 Å². The van der Waals surface area contributed by atoms with Crippen LogP contribution in [0, 0.1) is 0 Å². The van der Waals surface area contributed by atoms with Gasteiger partial charge in [-0.3, -0.25) is 14.3 Å². The molecule has 1 unspecified atom stereocenters. The van der Waals surface area contributed by atoms with Gasteiger partial charge in [0, 0.05) is 0 Å². The summed E-state index contributed by atoms with van der Waals surface area (Å²) >= 11 is 0. The van der Waals surface area contributed by atoms with Gasteiger partial charge in [0.05, 0.1) is 22.6 Å². The van der Waals surface area contributed by atoms with E-state index in [1.54, 1.807) is 0 Å². The van der Waals surface area contributed by atoms with Crippen LogP contribution < -0.4 is 5.56 Å². The molecule has 3 rings (SSSR count). The van der Waals surface area contributed by atoms with Gasteiger partial charge in [-0.05, 0) is 63.0 Å². The molecule has 0 radical (unpaired) electrons. The predicted molar refractivity (Wildman–Crippen MR) is 122 cm³/mol. The number of hydrogen-bond acceptors (Lipinski definition) is 3. The molecule has 1 aromatic heterocycles. The molecule has 0 spiro atoms. The van der Waals surface area contributed by atoms with Crippen LogP contribution in [0.15, 0.2) is 53.3 Å². The van der Waals surface area contributed by atoms with Crippen molar-refractivity contribution in [3.8, 4) is 5.69 Å². The SMILES string of the molecule is CCCc1ccccc1-n1c(C(C)N(CCC)CCC)nc2ccccc2c1=O. The van der Waals surface area contributed by atoms with E-state index in [9.17, 15) is 4.79 Å².